The first-order chi connectivity index (χ1) is 9.78. The van der Waals surface area contributed by atoms with Gasteiger partial charge in [-0.2, -0.15) is 0 Å². The van der Waals surface area contributed by atoms with Crippen molar-refractivity contribution < 1.29 is 8.42 Å². The monoisotopic (exact) mass is 323 g/mol. The first kappa shape index (κ1) is 15.9. The fourth-order valence-electron chi connectivity index (χ4n) is 2.35. The molecule has 0 unspecified atom stereocenters. The summed E-state index contributed by atoms with van der Waals surface area (Å²) in [5, 5.41) is 0.459. The molecule has 0 amide bonds. The van der Waals surface area contributed by atoms with Crippen molar-refractivity contribution in [3.05, 3.63) is 63.7 Å². The molecule has 0 saturated carbocycles. The van der Waals surface area contributed by atoms with Gasteiger partial charge in [-0.25, -0.2) is 8.42 Å². The molecule has 0 atom stereocenters. The van der Waals surface area contributed by atoms with Gasteiger partial charge in [0.2, 0.25) is 10.0 Å². The third-order valence-electron chi connectivity index (χ3n) is 3.24. The van der Waals surface area contributed by atoms with E-state index in [-0.39, 0.29) is 5.75 Å². The number of hydrogen-bond acceptors (Lipinski definition) is 2. The van der Waals surface area contributed by atoms with Crippen molar-refractivity contribution in [3.8, 4) is 0 Å². The molecular formula is C16H18ClNO2S. The molecule has 112 valence electrons. The maximum absolute atomic E-state index is 12.3. The Hall–Kier alpha value is -1.52. The van der Waals surface area contributed by atoms with Crippen molar-refractivity contribution in [2.45, 2.75) is 26.5 Å². The van der Waals surface area contributed by atoms with Gasteiger partial charge in [-0.15, -0.1) is 0 Å². The van der Waals surface area contributed by atoms with Gasteiger partial charge < -0.3 is 0 Å². The first-order valence-corrected chi connectivity index (χ1v) is 8.63. The van der Waals surface area contributed by atoms with E-state index in [0.29, 0.717) is 16.3 Å². The van der Waals surface area contributed by atoms with Crippen molar-refractivity contribution in [2.75, 3.05) is 4.72 Å². The lowest BCUT2D eigenvalue weighted by molar-refractivity contribution is 0.600. The van der Waals surface area contributed by atoms with E-state index in [2.05, 4.69) is 4.72 Å². The molecule has 2 aromatic rings. The number of nitrogens with one attached hydrogen (secondary N) is 1. The van der Waals surface area contributed by atoms with Crippen LogP contribution < -0.4 is 4.72 Å². The summed E-state index contributed by atoms with van der Waals surface area (Å²) in [6, 6.07) is 10.9. The predicted molar refractivity (Wildman–Crippen MR) is 88.4 cm³/mol. The molecular weight excluding hydrogens is 306 g/mol. The molecule has 2 aromatic carbocycles. The lowest BCUT2D eigenvalue weighted by atomic mass is 10.1. The van der Waals surface area contributed by atoms with Crippen LogP contribution in [0.1, 0.15) is 22.3 Å². The van der Waals surface area contributed by atoms with Crippen LogP contribution in [-0.2, 0) is 15.8 Å². The van der Waals surface area contributed by atoms with Gasteiger partial charge in [-0.1, -0.05) is 47.5 Å². The molecule has 0 aliphatic heterocycles. The lowest BCUT2D eigenvalue weighted by Gasteiger charge is -2.14. The van der Waals surface area contributed by atoms with Crippen LogP contribution in [0, 0.1) is 20.8 Å². The van der Waals surface area contributed by atoms with Crippen LogP contribution in [0.15, 0.2) is 36.4 Å². The second-order valence-corrected chi connectivity index (χ2v) is 7.36. The smallest absolute Gasteiger partial charge is 0.236 e. The van der Waals surface area contributed by atoms with Crippen LogP contribution >= 0.6 is 11.6 Å². The van der Waals surface area contributed by atoms with Crippen molar-refractivity contribution in [1.29, 1.82) is 0 Å². The zero-order valence-electron chi connectivity index (χ0n) is 12.3. The second kappa shape index (κ2) is 6.08. The normalized spacial score (nSPS) is 11.4. The highest BCUT2D eigenvalue weighted by atomic mass is 35.5. The summed E-state index contributed by atoms with van der Waals surface area (Å²) in [4.78, 5) is 0. The molecule has 0 aliphatic rings. The van der Waals surface area contributed by atoms with Crippen LogP contribution in [0.25, 0.3) is 0 Å². The number of aryl methyl sites for hydroxylation is 3. The Labute approximate surface area is 131 Å². The molecule has 3 nitrogen and oxygen atoms in total. The zero-order valence-corrected chi connectivity index (χ0v) is 13.8. The van der Waals surface area contributed by atoms with Crippen LogP contribution in [-0.4, -0.2) is 8.42 Å². The number of benzene rings is 2. The summed E-state index contributed by atoms with van der Waals surface area (Å²) in [6.45, 7) is 5.78. The van der Waals surface area contributed by atoms with E-state index < -0.39 is 10.0 Å². The van der Waals surface area contributed by atoms with Gasteiger partial charge in [0.1, 0.15) is 0 Å². The van der Waals surface area contributed by atoms with Gasteiger partial charge >= 0.3 is 0 Å². The number of halogens is 1. The molecule has 0 radical (unpaired) electrons. The third kappa shape index (κ3) is 3.99. The van der Waals surface area contributed by atoms with Crippen LogP contribution in [0.4, 0.5) is 5.69 Å². The van der Waals surface area contributed by atoms with Gasteiger partial charge in [0.05, 0.1) is 11.4 Å². The Morgan fingerprint density at radius 1 is 1.05 bits per heavy atom. The summed E-state index contributed by atoms with van der Waals surface area (Å²) < 4.78 is 27.4. The Bertz CT molecular complexity index is 747. The zero-order chi connectivity index (χ0) is 15.6. The molecule has 2 rings (SSSR count). The molecule has 0 bridgehead atoms. The van der Waals surface area contributed by atoms with E-state index in [1.54, 1.807) is 24.3 Å². The maximum Gasteiger partial charge on any atom is 0.236 e. The third-order valence-corrected chi connectivity index (χ3v) is 4.81. The predicted octanol–water partition coefficient (Wildman–Crippen LogP) is 4.21. The fraction of sp³-hybridized carbons (Fsp3) is 0.250. The van der Waals surface area contributed by atoms with Gasteiger partial charge in [-0.05, 0) is 43.5 Å². The minimum absolute atomic E-state index is 0.139. The minimum Gasteiger partial charge on any atom is -0.283 e. The van der Waals surface area contributed by atoms with Crippen molar-refractivity contribution in [3.63, 3.8) is 0 Å². The quantitative estimate of drug-likeness (QED) is 0.916. The Balaban J connectivity index is 2.29. The number of hydrogen-bond donors (Lipinski definition) is 1. The van der Waals surface area contributed by atoms with E-state index in [4.69, 9.17) is 11.6 Å². The Kier molecular flexibility index (Phi) is 4.59. The highest BCUT2D eigenvalue weighted by molar-refractivity contribution is 7.91. The molecule has 1 N–H and O–H groups in total. The summed E-state index contributed by atoms with van der Waals surface area (Å²) in [5.41, 5.74) is 4.17. The van der Waals surface area contributed by atoms with Crippen LogP contribution in [0.3, 0.4) is 0 Å². The molecule has 0 heterocycles. The molecule has 21 heavy (non-hydrogen) atoms. The van der Waals surface area contributed by atoms with E-state index in [9.17, 15) is 8.42 Å². The Morgan fingerprint density at radius 2 is 1.62 bits per heavy atom. The molecule has 0 aromatic heterocycles. The van der Waals surface area contributed by atoms with Crippen LogP contribution in [0.2, 0.25) is 5.02 Å². The lowest BCUT2D eigenvalue weighted by Crippen LogP contribution is -2.17. The van der Waals surface area contributed by atoms with E-state index in [1.165, 1.54) is 0 Å². The summed E-state index contributed by atoms with van der Waals surface area (Å²) >= 11 is 6.02. The Morgan fingerprint density at radius 3 is 2.19 bits per heavy atom. The van der Waals surface area contributed by atoms with Gasteiger partial charge in [0.15, 0.2) is 0 Å². The molecule has 5 heteroatoms. The van der Waals surface area contributed by atoms with Gasteiger partial charge in [0, 0.05) is 5.02 Å². The van der Waals surface area contributed by atoms with Gasteiger partial charge in [-0.3, -0.25) is 4.72 Å². The average molecular weight is 324 g/mol. The number of anilines is 1. The standard InChI is InChI=1S/C16H18ClNO2S/c1-11-8-12(2)16(13(3)9-11)18-21(19,20)10-14-6-4-5-7-15(14)17/h4-9,18H,10H2,1-3H3. The van der Waals surface area contributed by atoms with Crippen molar-refractivity contribution in [1.82, 2.24) is 0 Å². The topological polar surface area (TPSA) is 46.2 Å². The first-order valence-electron chi connectivity index (χ1n) is 6.60. The van der Waals surface area contributed by atoms with E-state index in [0.717, 1.165) is 16.7 Å². The fourth-order valence-corrected chi connectivity index (χ4v) is 4.00. The highest BCUT2D eigenvalue weighted by Crippen LogP contribution is 2.25. The van der Waals surface area contributed by atoms with E-state index in [1.807, 2.05) is 32.9 Å². The largest absolute Gasteiger partial charge is 0.283 e. The SMILES string of the molecule is Cc1cc(C)c(NS(=O)(=O)Cc2ccccc2Cl)c(C)c1. The number of rotatable bonds is 4. The second-order valence-electron chi connectivity index (χ2n) is 5.23. The highest BCUT2D eigenvalue weighted by Gasteiger charge is 2.16. The van der Waals surface area contributed by atoms with E-state index >= 15 is 0 Å². The maximum atomic E-state index is 12.3. The molecule has 0 aliphatic carbocycles. The molecule has 0 saturated heterocycles. The minimum atomic E-state index is -3.50. The summed E-state index contributed by atoms with van der Waals surface area (Å²) in [5.74, 6) is -0.139. The average Bonchev–Trinajstić information content (AvgIpc) is 2.36. The van der Waals surface area contributed by atoms with Crippen LogP contribution in [0.5, 0.6) is 0 Å². The van der Waals surface area contributed by atoms with Gasteiger partial charge in [0.25, 0.3) is 0 Å². The number of sulfonamides is 1. The summed E-state index contributed by atoms with van der Waals surface area (Å²) in [6.07, 6.45) is 0. The molecule has 0 fully saturated rings. The van der Waals surface area contributed by atoms with Crippen molar-refractivity contribution in [2.24, 2.45) is 0 Å². The molecule has 0 spiro atoms. The van der Waals surface area contributed by atoms with Crippen molar-refractivity contribution >= 4 is 27.3 Å². The summed E-state index contributed by atoms with van der Waals surface area (Å²) in [7, 11) is -3.50.